The van der Waals surface area contributed by atoms with E-state index in [0.717, 1.165) is 12.5 Å². The lowest BCUT2D eigenvalue weighted by atomic mass is 9.80. The number of hydrogen-bond acceptors (Lipinski definition) is 2. The molecule has 0 spiro atoms. The summed E-state index contributed by atoms with van der Waals surface area (Å²) in [4.78, 5) is 2.63. The van der Waals surface area contributed by atoms with Gasteiger partial charge in [-0.3, -0.25) is 0 Å². The van der Waals surface area contributed by atoms with Crippen molar-refractivity contribution in [3.8, 4) is 0 Å². The van der Waals surface area contributed by atoms with Crippen LogP contribution in [0.1, 0.15) is 32.6 Å². The average Bonchev–Trinajstić information content (AvgIpc) is 2.93. The van der Waals surface area contributed by atoms with Gasteiger partial charge in [0.1, 0.15) is 0 Å². The fourth-order valence-corrected chi connectivity index (χ4v) is 2.15. The number of likely N-dealkylation sites (tertiary alicyclic amines) is 1. The second-order valence-corrected chi connectivity index (χ2v) is 5.26. The van der Waals surface area contributed by atoms with Crippen molar-refractivity contribution < 1.29 is 0 Å². The van der Waals surface area contributed by atoms with Crippen molar-refractivity contribution in [3.05, 3.63) is 0 Å². The zero-order chi connectivity index (χ0) is 9.31. The van der Waals surface area contributed by atoms with Gasteiger partial charge in [0.05, 0.1) is 0 Å². The van der Waals surface area contributed by atoms with E-state index in [0.29, 0.717) is 5.41 Å². The summed E-state index contributed by atoms with van der Waals surface area (Å²) in [5.74, 6) is 1.04. The zero-order valence-corrected chi connectivity index (χ0v) is 8.76. The zero-order valence-electron chi connectivity index (χ0n) is 8.76. The summed E-state index contributed by atoms with van der Waals surface area (Å²) in [6.45, 7) is 7.13. The summed E-state index contributed by atoms with van der Waals surface area (Å²) in [5, 5.41) is 0. The van der Waals surface area contributed by atoms with Gasteiger partial charge in [-0.25, -0.2) is 0 Å². The van der Waals surface area contributed by atoms with Gasteiger partial charge in [0, 0.05) is 6.54 Å². The molecule has 0 aromatic carbocycles. The highest BCUT2D eigenvalue weighted by Gasteiger charge is 2.31. The molecule has 0 amide bonds. The van der Waals surface area contributed by atoms with E-state index >= 15 is 0 Å². The number of nitrogens with zero attached hydrogens (tertiary/aromatic N) is 1. The van der Waals surface area contributed by atoms with E-state index in [1.54, 1.807) is 0 Å². The maximum atomic E-state index is 5.78. The molecule has 1 aliphatic carbocycles. The Morgan fingerprint density at radius 3 is 2.38 bits per heavy atom. The molecule has 2 rings (SSSR count). The molecule has 1 saturated carbocycles. The van der Waals surface area contributed by atoms with Crippen LogP contribution < -0.4 is 5.73 Å². The average molecular weight is 182 g/mol. The van der Waals surface area contributed by atoms with Crippen LogP contribution in [0.3, 0.4) is 0 Å². The highest BCUT2D eigenvalue weighted by Crippen LogP contribution is 2.34. The summed E-state index contributed by atoms with van der Waals surface area (Å²) in [5.41, 5.74) is 6.22. The molecule has 2 fully saturated rings. The van der Waals surface area contributed by atoms with Crippen LogP contribution in [0.5, 0.6) is 0 Å². The molecule has 2 nitrogen and oxygen atoms in total. The van der Waals surface area contributed by atoms with Gasteiger partial charge in [-0.15, -0.1) is 0 Å². The minimum atomic E-state index is 0.444. The normalized spacial score (nSPS) is 29.1. The Labute approximate surface area is 81.5 Å². The number of hydrogen-bond donors (Lipinski definition) is 1. The summed E-state index contributed by atoms with van der Waals surface area (Å²) >= 11 is 0. The largest absolute Gasteiger partial charge is 0.330 e. The molecular weight excluding hydrogens is 160 g/mol. The summed E-state index contributed by atoms with van der Waals surface area (Å²) in [6.07, 6.45) is 5.56. The van der Waals surface area contributed by atoms with Gasteiger partial charge in [0.2, 0.25) is 0 Å². The summed E-state index contributed by atoms with van der Waals surface area (Å²) in [6, 6.07) is 0. The van der Waals surface area contributed by atoms with Crippen molar-refractivity contribution in [3.63, 3.8) is 0 Å². The Kier molecular flexibility index (Phi) is 2.61. The lowest BCUT2D eigenvalue weighted by Gasteiger charge is -2.38. The van der Waals surface area contributed by atoms with E-state index in [2.05, 4.69) is 11.8 Å². The van der Waals surface area contributed by atoms with E-state index in [-0.39, 0.29) is 0 Å². The molecule has 1 heterocycles. The maximum absolute atomic E-state index is 5.78. The first-order chi connectivity index (χ1) is 6.22. The predicted molar refractivity (Wildman–Crippen MR) is 55.6 cm³/mol. The molecule has 1 aliphatic heterocycles. The second-order valence-electron chi connectivity index (χ2n) is 5.26. The molecular formula is C11H22N2. The molecule has 2 aliphatic rings. The molecule has 0 radical (unpaired) electrons. The fraction of sp³-hybridized carbons (Fsp3) is 1.00. The standard InChI is InChI=1S/C11H22N2/c1-11(9-12)4-6-13(7-5-11)8-10-2-3-10/h10H,2-9,12H2,1H3. The van der Waals surface area contributed by atoms with Gasteiger partial charge < -0.3 is 10.6 Å². The van der Waals surface area contributed by atoms with Crippen LogP contribution in [0.4, 0.5) is 0 Å². The third-order valence-corrected chi connectivity index (χ3v) is 3.77. The van der Waals surface area contributed by atoms with Crippen molar-refractivity contribution in [2.45, 2.75) is 32.6 Å². The van der Waals surface area contributed by atoms with Crippen LogP contribution in [-0.2, 0) is 0 Å². The number of nitrogens with two attached hydrogens (primary N) is 1. The van der Waals surface area contributed by atoms with Crippen molar-refractivity contribution in [2.75, 3.05) is 26.2 Å². The monoisotopic (exact) mass is 182 g/mol. The van der Waals surface area contributed by atoms with Crippen LogP contribution in [0.25, 0.3) is 0 Å². The molecule has 0 atom stereocenters. The van der Waals surface area contributed by atoms with Gasteiger partial charge in [0.15, 0.2) is 0 Å². The predicted octanol–water partition coefficient (Wildman–Crippen LogP) is 1.46. The Bertz CT molecular complexity index is 167. The first-order valence-electron chi connectivity index (χ1n) is 5.64. The van der Waals surface area contributed by atoms with Gasteiger partial charge in [-0.1, -0.05) is 6.92 Å². The first kappa shape index (κ1) is 9.47. The quantitative estimate of drug-likeness (QED) is 0.716. The van der Waals surface area contributed by atoms with Crippen LogP contribution in [0.2, 0.25) is 0 Å². The van der Waals surface area contributed by atoms with Gasteiger partial charge in [-0.2, -0.15) is 0 Å². The summed E-state index contributed by atoms with van der Waals surface area (Å²) in [7, 11) is 0. The molecule has 1 saturated heterocycles. The van der Waals surface area contributed by atoms with Crippen molar-refractivity contribution in [1.82, 2.24) is 4.90 Å². The molecule has 0 aromatic rings. The van der Waals surface area contributed by atoms with E-state index in [9.17, 15) is 0 Å². The molecule has 0 unspecified atom stereocenters. The SMILES string of the molecule is CC1(CN)CCN(CC2CC2)CC1. The Hall–Kier alpha value is -0.0800. The van der Waals surface area contributed by atoms with Gasteiger partial charge in [-0.05, 0) is 56.7 Å². The molecule has 2 N–H and O–H groups in total. The fourth-order valence-electron chi connectivity index (χ4n) is 2.15. The highest BCUT2D eigenvalue weighted by atomic mass is 15.1. The molecule has 76 valence electrons. The van der Waals surface area contributed by atoms with Gasteiger partial charge >= 0.3 is 0 Å². The second kappa shape index (κ2) is 3.58. The Morgan fingerprint density at radius 1 is 1.31 bits per heavy atom. The first-order valence-corrected chi connectivity index (χ1v) is 5.64. The lowest BCUT2D eigenvalue weighted by Crippen LogP contribution is -2.42. The van der Waals surface area contributed by atoms with E-state index in [1.165, 1.54) is 45.3 Å². The van der Waals surface area contributed by atoms with Crippen LogP contribution in [0.15, 0.2) is 0 Å². The van der Waals surface area contributed by atoms with E-state index in [1.807, 2.05) is 0 Å². The van der Waals surface area contributed by atoms with Crippen LogP contribution in [0, 0.1) is 11.3 Å². The summed E-state index contributed by atoms with van der Waals surface area (Å²) < 4.78 is 0. The molecule has 0 aromatic heterocycles. The van der Waals surface area contributed by atoms with Crippen molar-refractivity contribution >= 4 is 0 Å². The van der Waals surface area contributed by atoms with Crippen LogP contribution in [-0.4, -0.2) is 31.1 Å². The highest BCUT2D eigenvalue weighted by molar-refractivity contribution is 4.85. The minimum Gasteiger partial charge on any atom is -0.330 e. The van der Waals surface area contributed by atoms with Crippen molar-refractivity contribution in [1.29, 1.82) is 0 Å². The molecule has 2 heteroatoms. The Morgan fingerprint density at radius 2 is 1.92 bits per heavy atom. The third-order valence-electron chi connectivity index (χ3n) is 3.77. The number of rotatable bonds is 3. The van der Waals surface area contributed by atoms with E-state index in [4.69, 9.17) is 5.73 Å². The minimum absolute atomic E-state index is 0.444. The maximum Gasteiger partial charge on any atom is 0.000967 e. The lowest BCUT2D eigenvalue weighted by molar-refractivity contribution is 0.120. The third kappa shape index (κ3) is 2.44. The topological polar surface area (TPSA) is 29.3 Å². The van der Waals surface area contributed by atoms with Gasteiger partial charge in [0.25, 0.3) is 0 Å². The molecule has 0 bridgehead atoms. The van der Waals surface area contributed by atoms with Crippen molar-refractivity contribution in [2.24, 2.45) is 17.1 Å². The smallest absolute Gasteiger partial charge is 0.000967 e. The van der Waals surface area contributed by atoms with Crippen LogP contribution >= 0.6 is 0 Å². The van der Waals surface area contributed by atoms with E-state index < -0.39 is 0 Å². The Balaban J connectivity index is 1.74. The number of piperidine rings is 1. The molecule has 13 heavy (non-hydrogen) atoms.